The summed E-state index contributed by atoms with van der Waals surface area (Å²) in [6, 6.07) is 11.3. The predicted octanol–water partition coefficient (Wildman–Crippen LogP) is 3.15. The maximum absolute atomic E-state index is 14.3. The van der Waals surface area contributed by atoms with Crippen LogP contribution in [0.1, 0.15) is 23.0 Å². The highest BCUT2D eigenvalue weighted by Crippen LogP contribution is 2.23. The van der Waals surface area contributed by atoms with Crippen LogP contribution in [0.5, 0.6) is 0 Å². The zero-order valence-electron chi connectivity index (χ0n) is 13.6. The highest BCUT2D eigenvalue weighted by molar-refractivity contribution is 5.79. The molecule has 4 nitrogen and oxygen atoms in total. The quantitative estimate of drug-likeness (QED) is 0.775. The first kappa shape index (κ1) is 16.8. The van der Waals surface area contributed by atoms with Gasteiger partial charge in [-0.1, -0.05) is 30.3 Å². The Kier molecular flexibility index (Phi) is 4.88. The van der Waals surface area contributed by atoms with Gasteiger partial charge in [-0.2, -0.15) is 0 Å². The normalized spacial score (nSPS) is 12.0. The van der Waals surface area contributed by atoms with E-state index in [0.717, 1.165) is 0 Å². The van der Waals surface area contributed by atoms with Crippen molar-refractivity contribution in [1.82, 2.24) is 14.9 Å². The van der Waals surface area contributed by atoms with E-state index in [1.165, 1.54) is 18.2 Å². The first-order valence-corrected chi connectivity index (χ1v) is 7.80. The molecule has 0 aliphatic heterocycles. The molecule has 3 aromatic rings. The highest BCUT2D eigenvalue weighted by atomic mass is 19.1. The zero-order valence-corrected chi connectivity index (χ0v) is 13.6. The van der Waals surface area contributed by atoms with Crippen LogP contribution in [0.3, 0.4) is 0 Å². The number of hydrogen-bond acceptors (Lipinski definition) is 2. The first-order valence-electron chi connectivity index (χ1n) is 7.80. The minimum absolute atomic E-state index is 0.00681. The van der Waals surface area contributed by atoms with Gasteiger partial charge in [0, 0.05) is 25.0 Å². The summed E-state index contributed by atoms with van der Waals surface area (Å²) >= 11 is 0. The average Bonchev–Trinajstić information content (AvgIpc) is 2.99. The molecule has 0 saturated heterocycles. The van der Waals surface area contributed by atoms with E-state index in [1.807, 2.05) is 0 Å². The van der Waals surface area contributed by atoms with Gasteiger partial charge in [0.2, 0.25) is 5.91 Å². The van der Waals surface area contributed by atoms with Gasteiger partial charge in [-0.05, 0) is 23.8 Å². The molecule has 1 amide bonds. The van der Waals surface area contributed by atoms with Crippen LogP contribution in [0.15, 0.2) is 60.9 Å². The van der Waals surface area contributed by atoms with Gasteiger partial charge in [0.15, 0.2) is 0 Å². The second-order valence-corrected chi connectivity index (χ2v) is 5.73. The fourth-order valence-corrected chi connectivity index (χ4v) is 2.69. The summed E-state index contributed by atoms with van der Waals surface area (Å²) in [6.07, 6.45) is 3.30. The van der Waals surface area contributed by atoms with Crippen molar-refractivity contribution in [3.63, 3.8) is 0 Å². The number of nitrogens with one attached hydrogen (secondary N) is 1. The van der Waals surface area contributed by atoms with E-state index in [-0.39, 0.29) is 12.3 Å². The molecule has 128 valence electrons. The Morgan fingerprint density at radius 1 is 1.20 bits per heavy atom. The van der Waals surface area contributed by atoms with Crippen molar-refractivity contribution in [2.75, 3.05) is 0 Å². The molecule has 3 rings (SSSR count). The van der Waals surface area contributed by atoms with Crippen molar-refractivity contribution in [1.29, 1.82) is 0 Å². The summed E-state index contributed by atoms with van der Waals surface area (Å²) in [5.74, 6) is -0.666. The average molecular weight is 341 g/mol. The third-order valence-corrected chi connectivity index (χ3v) is 3.89. The number of halogens is 2. The summed E-state index contributed by atoms with van der Waals surface area (Å²) in [6.45, 7) is 0. The fraction of sp³-hybridized carbons (Fsp3) is 0.158. The first-order chi connectivity index (χ1) is 12.0. The molecular formula is C19H17F2N3O. The molecule has 1 aromatic heterocycles. The minimum atomic E-state index is -0.734. The SMILES string of the molecule is Cn1ccnc1C(NC(=O)Cc1cccc(F)c1)c1ccccc1F. The summed E-state index contributed by atoms with van der Waals surface area (Å²) in [7, 11) is 1.77. The van der Waals surface area contributed by atoms with E-state index in [1.54, 1.807) is 54.3 Å². The Labute approximate surface area is 144 Å². The smallest absolute Gasteiger partial charge is 0.225 e. The topological polar surface area (TPSA) is 46.9 Å². The molecule has 1 unspecified atom stereocenters. The Morgan fingerprint density at radius 2 is 2.00 bits per heavy atom. The molecule has 25 heavy (non-hydrogen) atoms. The fourth-order valence-electron chi connectivity index (χ4n) is 2.69. The molecule has 1 N–H and O–H groups in total. The lowest BCUT2D eigenvalue weighted by molar-refractivity contribution is -0.121. The van der Waals surface area contributed by atoms with Crippen LogP contribution in [0.2, 0.25) is 0 Å². The van der Waals surface area contributed by atoms with Crippen LogP contribution in [0.4, 0.5) is 8.78 Å². The van der Waals surface area contributed by atoms with E-state index in [4.69, 9.17) is 0 Å². The maximum atomic E-state index is 14.3. The Morgan fingerprint density at radius 3 is 2.68 bits per heavy atom. The van der Waals surface area contributed by atoms with E-state index >= 15 is 0 Å². The number of hydrogen-bond donors (Lipinski definition) is 1. The molecule has 1 atom stereocenters. The summed E-state index contributed by atoms with van der Waals surface area (Å²) in [5.41, 5.74) is 0.869. The Balaban J connectivity index is 1.87. The molecule has 0 radical (unpaired) electrons. The third kappa shape index (κ3) is 3.91. The number of amides is 1. The Bertz CT molecular complexity index is 892. The van der Waals surface area contributed by atoms with Crippen LogP contribution >= 0.6 is 0 Å². The van der Waals surface area contributed by atoms with E-state index in [9.17, 15) is 13.6 Å². The van der Waals surface area contributed by atoms with Gasteiger partial charge in [0.05, 0.1) is 6.42 Å². The van der Waals surface area contributed by atoms with Crippen molar-refractivity contribution >= 4 is 5.91 Å². The summed E-state index contributed by atoms with van der Waals surface area (Å²) in [5, 5.41) is 2.80. The summed E-state index contributed by atoms with van der Waals surface area (Å²) < 4.78 is 29.3. The van der Waals surface area contributed by atoms with Gasteiger partial charge in [0.1, 0.15) is 23.5 Å². The van der Waals surface area contributed by atoms with Crippen molar-refractivity contribution in [2.24, 2.45) is 7.05 Å². The van der Waals surface area contributed by atoms with Crippen LogP contribution in [-0.2, 0) is 18.3 Å². The number of nitrogens with zero attached hydrogens (tertiary/aromatic N) is 2. The summed E-state index contributed by atoms with van der Waals surface area (Å²) in [4.78, 5) is 16.7. The molecule has 0 spiro atoms. The van der Waals surface area contributed by atoms with E-state index in [0.29, 0.717) is 17.0 Å². The zero-order chi connectivity index (χ0) is 17.8. The minimum Gasteiger partial charge on any atom is -0.342 e. The predicted molar refractivity (Wildman–Crippen MR) is 89.7 cm³/mol. The molecule has 2 aromatic carbocycles. The number of carbonyl (C=O) groups excluding carboxylic acids is 1. The van der Waals surface area contributed by atoms with E-state index < -0.39 is 17.7 Å². The van der Waals surface area contributed by atoms with Crippen LogP contribution in [0.25, 0.3) is 0 Å². The van der Waals surface area contributed by atoms with Crippen molar-refractivity contribution in [2.45, 2.75) is 12.5 Å². The number of carbonyl (C=O) groups is 1. The molecule has 0 aliphatic carbocycles. The van der Waals surface area contributed by atoms with Gasteiger partial charge in [-0.25, -0.2) is 13.8 Å². The van der Waals surface area contributed by atoms with Crippen LogP contribution < -0.4 is 5.32 Å². The Hall–Kier alpha value is -3.02. The monoisotopic (exact) mass is 341 g/mol. The van der Waals surface area contributed by atoms with Crippen molar-refractivity contribution in [3.05, 3.63) is 89.5 Å². The van der Waals surface area contributed by atoms with Crippen LogP contribution in [-0.4, -0.2) is 15.5 Å². The molecule has 0 fully saturated rings. The van der Waals surface area contributed by atoms with Gasteiger partial charge in [-0.3, -0.25) is 4.79 Å². The molecule has 6 heteroatoms. The lowest BCUT2D eigenvalue weighted by atomic mass is 10.0. The lowest BCUT2D eigenvalue weighted by Crippen LogP contribution is -2.32. The molecule has 0 bridgehead atoms. The molecule has 0 saturated carbocycles. The number of aryl methyl sites for hydroxylation is 1. The van der Waals surface area contributed by atoms with Crippen molar-refractivity contribution < 1.29 is 13.6 Å². The van der Waals surface area contributed by atoms with Gasteiger partial charge >= 0.3 is 0 Å². The number of benzene rings is 2. The van der Waals surface area contributed by atoms with Gasteiger partial charge in [-0.15, -0.1) is 0 Å². The van der Waals surface area contributed by atoms with E-state index in [2.05, 4.69) is 10.3 Å². The largest absolute Gasteiger partial charge is 0.342 e. The molecule has 0 aliphatic rings. The third-order valence-electron chi connectivity index (χ3n) is 3.89. The standard InChI is InChI=1S/C19H17F2N3O/c1-24-10-9-22-19(24)18(15-7-2-3-8-16(15)21)23-17(25)12-13-5-4-6-14(20)11-13/h2-11,18H,12H2,1H3,(H,23,25). The number of rotatable bonds is 5. The number of imidazole rings is 1. The van der Waals surface area contributed by atoms with Crippen molar-refractivity contribution in [3.8, 4) is 0 Å². The maximum Gasteiger partial charge on any atom is 0.225 e. The lowest BCUT2D eigenvalue weighted by Gasteiger charge is -2.19. The van der Waals surface area contributed by atoms with Gasteiger partial charge < -0.3 is 9.88 Å². The number of aromatic nitrogens is 2. The van der Waals surface area contributed by atoms with Crippen LogP contribution in [0, 0.1) is 11.6 Å². The molecule has 1 heterocycles. The second-order valence-electron chi connectivity index (χ2n) is 5.73. The molecular weight excluding hydrogens is 324 g/mol. The van der Waals surface area contributed by atoms with Gasteiger partial charge in [0.25, 0.3) is 0 Å². The second kappa shape index (κ2) is 7.25. The highest BCUT2D eigenvalue weighted by Gasteiger charge is 2.23.